The molecule has 9 nitrogen and oxygen atoms in total. The van der Waals surface area contributed by atoms with Crippen LogP contribution >= 0.6 is 15.9 Å². The number of anilines is 2. The van der Waals surface area contributed by atoms with E-state index in [1.807, 2.05) is 0 Å². The van der Waals surface area contributed by atoms with E-state index >= 15 is 0 Å². The second-order valence-electron chi connectivity index (χ2n) is 8.25. The number of pyridine rings is 1. The van der Waals surface area contributed by atoms with Crippen LogP contribution in [0.4, 0.5) is 20.7 Å². The molecule has 0 saturated heterocycles. The van der Waals surface area contributed by atoms with Crippen molar-refractivity contribution in [3.63, 3.8) is 0 Å². The Bertz CT molecular complexity index is 1080. The Morgan fingerprint density at radius 3 is 2.62 bits per heavy atom. The number of halogens is 2. The second kappa shape index (κ2) is 10.9. The third-order valence-corrected chi connectivity index (χ3v) is 5.98. The van der Waals surface area contributed by atoms with E-state index in [0.717, 1.165) is 0 Å². The summed E-state index contributed by atoms with van der Waals surface area (Å²) in [4.78, 5) is 44.3. The zero-order valence-electron chi connectivity index (χ0n) is 19.3. The topological polar surface area (TPSA) is 113 Å². The van der Waals surface area contributed by atoms with Gasteiger partial charge in [-0.15, -0.1) is 0 Å². The fraction of sp³-hybridized carbons (Fsp3) is 0.391. The number of fused-ring (bicyclic) bond motifs is 1. The summed E-state index contributed by atoms with van der Waals surface area (Å²) in [6, 6.07) is 6.30. The number of likely N-dealkylation sites (N-methyl/N-ethyl adjacent to an activating group) is 1. The van der Waals surface area contributed by atoms with Crippen LogP contribution in [0, 0.1) is 11.7 Å². The summed E-state index contributed by atoms with van der Waals surface area (Å²) in [6.45, 7) is 5.30. The van der Waals surface area contributed by atoms with Crippen molar-refractivity contribution in [1.29, 1.82) is 0 Å². The molecule has 3 rings (SSSR count). The van der Waals surface area contributed by atoms with Gasteiger partial charge in [-0.1, -0.05) is 35.8 Å². The Balaban J connectivity index is 1.83. The molecule has 0 aliphatic carbocycles. The first-order valence-corrected chi connectivity index (χ1v) is 11.6. The summed E-state index contributed by atoms with van der Waals surface area (Å²) in [7, 11) is 1.65. The highest BCUT2D eigenvalue weighted by molar-refractivity contribution is 9.10. The predicted molar refractivity (Wildman–Crippen MR) is 129 cm³/mol. The number of amides is 3. The van der Waals surface area contributed by atoms with Gasteiger partial charge in [0.15, 0.2) is 6.23 Å². The Kier molecular flexibility index (Phi) is 8.21. The van der Waals surface area contributed by atoms with Gasteiger partial charge in [-0.25, -0.2) is 14.2 Å². The number of rotatable bonds is 7. The molecule has 0 spiro atoms. The fourth-order valence-corrected chi connectivity index (χ4v) is 3.82. The van der Waals surface area contributed by atoms with Crippen LogP contribution in [-0.4, -0.2) is 48.3 Å². The summed E-state index contributed by atoms with van der Waals surface area (Å²) >= 11 is 3.16. The molecule has 1 aromatic heterocycles. The third-order valence-electron chi connectivity index (χ3n) is 5.48. The normalized spacial score (nSPS) is 16.6. The molecule has 1 aliphatic heterocycles. The number of ether oxygens (including phenoxy) is 1. The van der Waals surface area contributed by atoms with Crippen LogP contribution < -0.4 is 20.9 Å². The van der Waals surface area contributed by atoms with Gasteiger partial charge in [0, 0.05) is 22.7 Å². The molecule has 3 N–H and O–H groups in total. The van der Waals surface area contributed by atoms with Crippen LogP contribution in [0.3, 0.4) is 0 Å². The van der Waals surface area contributed by atoms with Crippen molar-refractivity contribution < 1.29 is 23.5 Å². The maximum absolute atomic E-state index is 14.1. The van der Waals surface area contributed by atoms with Crippen molar-refractivity contribution in [2.75, 3.05) is 17.3 Å². The minimum Gasteiger partial charge on any atom is -0.424 e. The minimum absolute atomic E-state index is 0.0620. The van der Waals surface area contributed by atoms with E-state index < -0.39 is 36.1 Å². The van der Waals surface area contributed by atoms with Gasteiger partial charge in [0.2, 0.25) is 5.91 Å². The number of nitrogens with zero attached hydrogens (tertiary/aromatic N) is 2. The molecule has 2 heterocycles. The number of hydrogen-bond donors (Lipinski definition) is 3. The quantitative estimate of drug-likeness (QED) is 0.501. The van der Waals surface area contributed by atoms with E-state index in [-0.39, 0.29) is 23.9 Å². The highest BCUT2D eigenvalue weighted by Crippen LogP contribution is 2.32. The molecule has 34 heavy (non-hydrogen) atoms. The Hall–Kier alpha value is -3.05. The van der Waals surface area contributed by atoms with Crippen molar-refractivity contribution in [2.24, 2.45) is 5.92 Å². The summed E-state index contributed by atoms with van der Waals surface area (Å²) in [5, 5.41) is 7.97. The van der Waals surface area contributed by atoms with Crippen LogP contribution in [0.5, 0.6) is 0 Å². The molecule has 1 aliphatic rings. The summed E-state index contributed by atoms with van der Waals surface area (Å²) in [6.07, 6.45) is -0.205. The maximum atomic E-state index is 14.1. The molecular formula is C23H27BrFN5O4. The first-order valence-electron chi connectivity index (χ1n) is 10.8. The molecule has 182 valence electrons. The minimum atomic E-state index is -1.02. The molecule has 3 atom stereocenters. The zero-order chi connectivity index (χ0) is 25.0. The molecule has 11 heteroatoms. The number of carbonyl (C=O) groups is 3. The van der Waals surface area contributed by atoms with Gasteiger partial charge in [0.1, 0.15) is 17.7 Å². The standard InChI is InChI=1S/C23H27BrFN5O4/c1-12(2)19(29-21(31)13(3)26-4)22(32)30-18(10-14-6-5-9-27-20(14)30)34-23(33)28-17-8-7-15(24)11-16(17)25/h5-9,11-13,18-19,26H,10H2,1-4H3,(H,28,33)(H,29,31)/t13-,18-,19-/m0/s1. The van der Waals surface area contributed by atoms with E-state index in [2.05, 4.69) is 36.9 Å². The highest BCUT2D eigenvalue weighted by Gasteiger charge is 2.41. The Labute approximate surface area is 205 Å². The lowest BCUT2D eigenvalue weighted by Gasteiger charge is -2.31. The average Bonchev–Trinajstić information content (AvgIpc) is 3.15. The van der Waals surface area contributed by atoms with Gasteiger partial charge < -0.3 is 15.4 Å². The Morgan fingerprint density at radius 2 is 1.97 bits per heavy atom. The van der Waals surface area contributed by atoms with E-state index in [1.54, 1.807) is 46.0 Å². The molecule has 0 radical (unpaired) electrons. The monoisotopic (exact) mass is 535 g/mol. The van der Waals surface area contributed by atoms with Crippen molar-refractivity contribution in [3.8, 4) is 0 Å². The lowest BCUT2D eigenvalue weighted by atomic mass is 10.0. The van der Waals surface area contributed by atoms with E-state index in [9.17, 15) is 18.8 Å². The van der Waals surface area contributed by atoms with Crippen molar-refractivity contribution >= 4 is 45.3 Å². The first-order chi connectivity index (χ1) is 16.1. The van der Waals surface area contributed by atoms with Gasteiger partial charge in [-0.05, 0) is 44.2 Å². The summed E-state index contributed by atoms with van der Waals surface area (Å²) in [5.41, 5.74) is 0.647. The SMILES string of the molecule is CN[C@@H](C)C(=O)N[C@H](C(=O)N1c2ncccc2C[C@@H]1OC(=O)Nc1ccc(Br)cc1F)C(C)C. The second-order valence-corrected chi connectivity index (χ2v) is 9.16. The first kappa shape index (κ1) is 25.6. The lowest BCUT2D eigenvalue weighted by Crippen LogP contribution is -2.56. The van der Waals surface area contributed by atoms with Crippen LogP contribution in [0.2, 0.25) is 0 Å². The van der Waals surface area contributed by atoms with Gasteiger partial charge in [-0.2, -0.15) is 0 Å². The smallest absolute Gasteiger partial charge is 0.413 e. The number of aromatic nitrogens is 1. The predicted octanol–water partition coefficient (Wildman–Crippen LogP) is 3.20. The average molecular weight is 536 g/mol. The van der Waals surface area contributed by atoms with Gasteiger partial charge in [0.05, 0.1) is 11.7 Å². The number of carbonyl (C=O) groups excluding carboxylic acids is 3. The molecule has 0 fully saturated rings. The maximum Gasteiger partial charge on any atom is 0.413 e. The number of benzene rings is 1. The van der Waals surface area contributed by atoms with Crippen LogP contribution in [0.15, 0.2) is 41.0 Å². The molecule has 0 bridgehead atoms. The number of hydrogen-bond acceptors (Lipinski definition) is 6. The zero-order valence-corrected chi connectivity index (χ0v) is 20.8. The van der Waals surface area contributed by atoms with E-state index in [1.165, 1.54) is 23.2 Å². The van der Waals surface area contributed by atoms with Crippen molar-refractivity contribution in [3.05, 3.63) is 52.4 Å². The summed E-state index contributed by atoms with van der Waals surface area (Å²) in [5.74, 6) is -1.34. The van der Waals surface area contributed by atoms with Crippen LogP contribution in [0.1, 0.15) is 26.3 Å². The van der Waals surface area contributed by atoms with Crippen molar-refractivity contribution in [1.82, 2.24) is 15.6 Å². The van der Waals surface area contributed by atoms with E-state index in [4.69, 9.17) is 4.74 Å². The largest absolute Gasteiger partial charge is 0.424 e. The summed E-state index contributed by atoms with van der Waals surface area (Å²) < 4.78 is 20.2. The molecular weight excluding hydrogens is 509 g/mol. The molecule has 1 aromatic carbocycles. The van der Waals surface area contributed by atoms with Crippen LogP contribution in [0.25, 0.3) is 0 Å². The molecule has 0 saturated carbocycles. The Morgan fingerprint density at radius 1 is 1.24 bits per heavy atom. The molecule has 2 aromatic rings. The molecule has 3 amide bonds. The molecule has 0 unspecified atom stereocenters. The lowest BCUT2D eigenvalue weighted by molar-refractivity contribution is -0.130. The third kappa shape index (κ3) is 5.71. The van der Waals surface area contributed by atoms with Gasteiger partial charge in [0.25, 0.3) is 5.91 Å². The van der Waals surface area contributed by atoms with Gasteiger partial charge in [-0.3, -0.25) is 19.8 Å². The highest BCUT2D eigenvalue weighted by atomic mass is 79.9. The number of nitrogens with one attached hydrogen (secondary N) is 3. The van der Waals surface area contributed by atoms with Crippen molar-refractivity contribution in [2.45, 2.75) is 45.5 Å². The van der Waals surface area contributed by atoms with E-state index in [0.29, 0.717) is 15.9 Å². The van der Waals surface area contributed by atoms with Crippen LogP contribution in [-0.2, 0) is 20.7 Å². The van der Waals surface area contributed by atoms with Gasteiger partial charge >= 0.3 is 6.09 Å². The fourth-order valence-electron chi connectivity index (χ4n) is 3.49.